The fourth-order valence-corrected chi connectivity index (χ4v) is 3.26. The van der Waals surface area contributed by atoms with Gasteiger partial charge in [0.15, 0.2) is 0 Å². The van der Waals surface area contributed by atoms with Gasteiger partial charge in [-0.05, 0) is 37.3 Å². The summed E-state index contributed by atoms with van der Waals surface area (Å²) in [5, 5.41) is 3.84. The molecule has 2 heterocycles. The van der Waals surface area contributed by atoms with E-state index in [0.717, 1.165) is 0 Å². The molecule has 1 aliphatic heterocycles. The summed E-state index contributed by atoms with van der Waals surface area (Å²) in [6.45, 7) is 4.20. The average molecular weight is 407 g/mol. The van der Waals surface area contributed by atoms with Crippen molar-refractivity contribution < 1.29 is 9.59 Å². The molecule has 0 bridgehead atoms. The second-order valence-corrected chi connectivity index (χ2v) is 7.24. The highest BCUT2D eigenvalue weighted by molar-refractivity contribution is 6.31. The lowest BCUT2D eigenvalue weighted by atomic mass is 10.1. The first-order valence-electron chi connectivity index (χ1n) is 8.65. The Labute approximate surface area is 168 Å². The Morgan fingerprint density at radius 1 is 1.07 bits per heavy atom. The molecule has 1 aromatic heterocycles. The summed E-state index contributed by atoms with van der Waals surface area (Å²) in [7, 11) is 0. The molecule has 27 heavy (non-hydrogen) atoms. The molecule has 0 saturated carbocycles. The van der Waals surface area contributed by atoms with Crippen molar-refractivity contribution in [2.75, 3.05) is 31.5 Å². The van der Waals surface area contributed by atoms with Gasteiger partial charge >= 0.3 is 0 Å². The van der Waals surface area contributed by atoms with Crippen LogP contribution in [0.3, 0.4) is 0 Å². The number of carbonyl (C=O) groups excluding carboxylic acids is 2. The van der Waals surface area contributed by atoms with Crippen LogP contribution in [-0.2, 0) is 4.79 Å². The molecule has 6 nitrogen and oxygen atoms in total. The number of rotatable bonds is 4. The fourth-order valence-electron chi connectivity index (χ4n) is 2.96. The summed E-state index contributed by atoms with van der Waals surface area (Å²) >= 11 is 11.8. The lowest BCUT2D eigenvalue weighted by molar-refractivity contribution is -0.121. The van der Waals surface area contributed by atoms with Gasteiger partial charge in [0.2, 0.25) is 5.91 Å². The van der Waals surface area contributed by atoms with E-state index >= 15 is 0 Å². The minimum absolute atomic E-state index is 0.0420. The highest BCUT2D eigenvalue weighted by Crippen LogP contribution is 2.16. The van der Waals surface area contributed by atoms with Gasteiger partial charge in [-0.1, -0.05) is 29.3 Å². The largest absolute Gasteiger partial charge is 0.336 e. The third-order valence-electron chi connectivity index (χ3n) is 4.58. The van der Waals surface area contributed by atoms with Crippen LogP contribution in [0.15, 0.2) is 42.6 Å². The Morgan fingerprint density at radius 3 is 2.44 bits per heavy atom. The molecule has 1 saturated heterocycles. The van der Waals surface area contributed by atoms with E-state index in [1.165, 1.54) is 6.20 Å². The number of nitrogens with one attached hydrogen (secondary N) is 1. The molecule has 1 fully saturated rings. The number of carbonyl (C=O) groups is 2. The topological polar surface area (TPSA) is 65.5 Å². The van der Waals surface area contributed by atoms with Gasteiger partial charge in [-0.3, -0.25) is 14.5 Å². The summed E-state index contributed by atoms with van der Waals surface area (Å²) in [5.74, 6) is 0.282. The molecular formula is C19H20Cl2N4O2. The smallest absolute Gasteiger partial charge is 0.253 e. The highest BCUT2D eigenvalue weighted by Gasteiger charge is 2.28. The Morgan fingerprint density at radius 2 is 1.81 bits per heavy atom. The number of aromatic nitrogens is 1. The zero-order valence-electron chi connectivity index (χ0n) is 14.9. The zero-order valence-corrected chi connectivity index (χ0v) is 16.4. The molecule has 2 aromatic rings. The van der Waals surface area contributed by atoms with Crippen molar-refractivity contribution in [1.29, 1.82) is 0 Å². The van der Waals surface area contributed by atoms with Gasteiger partial charge in [0.1, 0.15) is 5.82 Å². The molecule has 0 radical (unpaired) electrons. The number of hydrogen-bond donors (Lipinski definition) is 1. The summed E-state index contributed by atoms with van der Waals surface area (Å²) in [5.41, 5.74) is 0.579. The normalized spacial score (nSPS) is 16.0. The van der Waals surface area contributed by atoms with E-state index in [1.54, 1.807) is 41.3 Å². The van der Waals surface area contributed by atoms with Crippen LogP contribution >= 0.6 is 23.2 Å². The van der Waals surface area contributed by atoms with E-state index in [9.17, 15) is 9.59 Å². The van der Waals surface area contributed by atoms with Crippen molar-refractivity contribution >= 4 is 40.8 Å². The van der Waals surface area contributed by atoms with E-state index in [1.807, 2.05) is 11.8 Å². The van der Waals surface area contributed by atoms with Crippen molar-refractivity contribution in [3.63, 3.8) is 0 Å². The van der Waals surface area contributed by atoms with Crippen LogP contribution < -0.4 is 5.32 Å². The first-order chi connectivity index (χ1) is 12.9. The number of hydrogen-bond acceptors (Lipinski definition) is 4. The first-order valence-corrected chi connectivity index (χ1v) is 9.41. The fraction of sp³-hybridized carbons (Fsp3) is 0.316. The van der Waals surface area contributed by atoms with Gasteiger partial charge in [-0.2, -0.15) is 0 Å². The Kier molecular flexibility index (Phi) is 6.31. The Hall–Kier alpha value is -2.15. The SMILES string of the molecule is CC(C(=O)Nc1ccc(Cl)cn1)N1CCN(C(=O)c2cccc(Cl)c2)CC1. The van der Waals surface area contributed by atoms with Crippen LogP contribution in [-0.4, -0.2) is 58.8 Å². The van der Waals surface area contributed by atoms with Gasteiger partial charge < -0.3 is 10.2 Å². The molecule has 3 rings (SSSR count). The van der Waals surface area contributed by atoms with E-state index in [4.69, 9.17) is 23.2 Å². The van der Waals surface area contributed by atoms with Gasteiger partial charge in [0.05, 0.1) is 11.1 Å². The minimum Gasteiger partial charge on any atom is -0.336 e. The standard InChI is InChI=1S/C19H20Cl2N4O2/c1-13(18(26)23-17-6-5-16(21)12-22-17)24-7-9-25(10-8-24)19(27)14-3-2-4-15(20)11-14/h2-6,11-13H,7-10H2,1H3,(H,22,23,26). The van der Waals surface area contributed by atoms with Crippen molar-refractivity contribution in [2.45, 2.75) is 13.0 Å². The molecular weight excluding hydrogens is 387 g/mol. The van der Waals surface area contributed by atoms with Crippen molar-refractivity contribution in [2.24, 2.45) is 0 Å². The Bertz CT molecular complexity index is 821. The zero-order chi connectivity index (χ0) is 19.4. The molecule has 0 spiro atoms. The van der Waals surface area contributed by atoms with Crippen LogP contribution in [0.1, 0.15) is 17.3 Å². The van der Waals surface area contributed by atoms with Gasteiger partial charge in [-0.15, -0.1) is 0 Å². The van der Waals surface area contributed by atoms with Crippen LogP contribution in [0.2, 0.25) is 10.0 Å². The number of piperazine rings is 1. The van der Waals surface area contributed by atoms with Crippen LogP contribution in [0.5, 0.6) is 0 Å². The molecule has 1 unspecified atom stereocenters. The van der Waals surface area contributed by atoms with Crippen molar-refractivity contribution in [3.8, 4) is 0 Å². The first kappa shape index (κ1) is 19.6. The van der Waals surface area contributed by atoms with Gasteiger partial charge in [0, 0.05) is 43.0 Å². The van der Waals surface area contributed by atoms with Crippen LogP contribution in [0.4, 0.5) is 5.82 Å². The van der Waals surface area contributed by atoms with Gasteiger partial charge in [-0.25, -0.2) is 4.98 Å². The van der Waals surface area contributed by atoms with E-state index < -0.39 is 0 Å². The molecule has 1 aromatic carbocycles. The van der Waals surface area contributed by atoms with E-state index in [2.05, 4.69) is 10.3 Å². The highest BCUT2D eigenvalue weighted by atomic mass is 35.5. The number of halogens is 2. The molecule has 2 amide bonds. The summed E-state index contributed by atoms with van der Waals surface area (Å²) < 4.78 is 0. The number of amides is 2. The molecule has 142 valence electrons. The van der Waals surface area contributed by atoms with Gasteiger partial charge in [0.25, 0.3) is 5.91 Å². The second kappa shape index (κ2) is 8.69. The third-order valence-corrected chi connectivity index (χ3v) is 5.04. The lowest BCUT2D eigenvalue weighted by Crippen LogP contribution is -2.54. The lowest BCUT2D eigenvalue weighted by Gasteiger charge is -2.37. The minimum atomic E-state index is -0.328. The third kappa shape index (κ3) is 4.97. The predicted molar refractivity (Wildman–Crippen MR) is 106 cm³/mol. The van der Waals surface area contributed by atoms with Crippen molar-refractivity contribution in [1.82, 2.24) is 14.8 Å². The number of pyridine rings is 1. The van der Waals surface area contributed by atoms with Crippen molar-refractivity contribution in [3.05, 3.63) is 58.2 Å². The second-order valence-electron chi connectivity index (χ2n) is 6.37. The molecule has 1 atom stereocenters. The Balaban J connectivity index is 1.54. The maximum atomic E-state index is 12.6. The molecule has 8 heteroatoms. The summed E-state index contributed by atoms with van der Waals surface area (Å²) in [6.07, 6.45) is 1.49. The van der Waals surface area contributed by atoms with Crippen LogP contribution in [0, 0.1) is 0 Å². The maximum Gasteiger partial charge on any atom is 0.253 e. The number of anilines is 1. The maximum absolute atomic E-state index is 12.6. The molecule has 1 aliphatic rings. The van der Waals surface area contributed by atoms with E-state index in [0.29, 0.717) is 47.6 Å². The van der Waals surface area contributed by atoms with Crippen LogP contribution in [0.25, 0.3) is 0 Å². The quantitative estimate of drug-likeness (QED) is 0.846. The molecule has 0 aliphatic carbocycles. The number of nitrogens with zero attached hydrogens (tertiary/aromatic N) is 3. The summed E-state index contributed by atoms with van der Waals surface area (Å²) in [6, 6.07) is 9.95. The van der Waals surface area contributed by atoms with E-state index in [-0.39, 0.29) is 17.9 Å². The average Bonchev–Trinajstić information content (AvgIpc) is 2.68. The summed E-state index contributed by atoms with van der Waals surface area (Å²) in [4.78, 5) is 32.9. The predicted octanol–water partition coefficient (Wildman–Crippen LogP) is 3.17. The monoisotopic (exact) mass is 406 g/mol. The molecule has 1 N–H and O–H groups in total. The number of benzene rings is 1.